The molecule has 0 unspecified atom stereocenters. The number of aromatic nitrogens is 1. The Kier molecular flexibility index (Phi) is 8.82. The SMILES string of the molecule is COc1cc(C=NNC(=O)c2[nH]c3c(OC)ccc(Br)c3c2-c2ccccc2)ccc1OC(=O)c1ccc(Cl)cc1Cl. The summed E-state index contributed by atoms with van der Waals surface area (Å²) in [5.74, 6) is -0.0614. The van der Waals surface area contributed by atoms with Crippen molar-refractivity contribution >= 4 is 68.1 Å². The lowest BCUT2D eigenvalue weighted by Crippen LogP contribution is -2.19. The zero-order valence-corrected chi connectivity index (χ0v) is 25.3. The molecule has 8 nitrogen and oxygen atoms in total. The van der Waals surface area contributed by atoms with Crippen LogP contribution in [0.25, 0.3) is 22.0 Å². The second-order valence-corrected chi connectivity index (χ2v) is 10.6. The highest BCUT2D eigenvalue weighted by atomic mass is 79.9. The number of amides is 1. The Morgan fingerprint density at radius 1 is 0.905 bits per heavy atom. The molecule has 0 aliphatic carbocycles. The fourth-order valence-corrected chi connectivity index (χ4v) is 5.37. The van der Waals surface area contributed by atoms with Crippen LogP contribution in [0.15, 0.2) is 88.4 Å². The second kappa shape index (κ2) is 12.7. The monoisotopic (exact) mass is 665 g/mol. The van der Waals surface area contributed by atoms with E-state index in [1.807, 2.05) is 42.5 Å². The number of halogens is 3. The standard InChI is InChI=1S/C31H22BrCl2N3O5/c1-40-24-13-11-21(32)27-26(18-6-4-3-5-7-18)29(36-28(24)27)30(38)37-35-16-17-8-12-23(25(14-17)41-2)42-31(39)20-10-9-19(33)15-22(20)34/h3-16,36H,1-2H3,(H,37,38). The Hall–Kier alpha value is -4.31. The van der Waals surface area contributed by atoms with Crippen molar-refractivity contribution in [3.63, 3.8) is 0 Å². The predicted molar refractivity (Wildman–Crippen MR) is 167 cm³/mol. The number of hydrazone groups is 1. The number of benzene rings is 4. The first-order chi connectivity index (χ1) is 20.3. The third-order valence-corrected chi connectivity index (χ3v) is 7.51. The number of nitrogens with zero attached hydrogens (tertiary/aromatic N) is 1. The molecule has 0 atom stereocenters. The van der Waals surface area contributed by atoms with Crippen molar-refractivity contribution in [1.82, 2.24) is 10.4 Å². The average molecular weight is 667 g/mol. The maximum atomic E-state index is 13.4. The number of H-pyrrole nitrogens is 1. The molecule has 4 aromatic carbocycles. The summed E-state index contributed by atoms with van der Waals surface area (Å²) in [6, 6.07) is 22.6. The summed E-state index contributed by atoms with van der Waals surface area (Å²) in [7, 11) is 3.02. The van der Waals surface area contributed by atoms with Crippen molar-refractivity contribution < 1.29 is 23.8 Å². The van der Waals surface area contributed by atoms with Gasteiger partial charge in [-0.15, -0.1) is 0 Å². The third-order valence-electron chi connectivity index (χ3n) is 6.30. The van der Waals surface area contributed by atoms with Gasteiger partial charge in [0.2, 0.25) is 0 Å². The highest BCUT2D eigenvalue weighted by molar-refractivity contribution is 9.10. The summed E-state index contributed by atoms with van der Waals surface area (Å²) in [5, 5.41) is 5.52. The molecule has 0 fully saturated rings. The fourth-order valence-electron chi connectivity index (χ4n) is 4.35. The summed E-state index contributed by atoms with van der Waals surface area (Å²) in [6.07, 6.45) is 1.45. The average Bonchev–Trinajstić information content (AvgIpc) is 3.40. The van der Waals surface area contributed by atoms with Crippen molar-refractivity contribution in [2.24, 2.45) is 5.10 Å². The summed E-state index contributed by atoms with van der Waals surface area (Å²) in [5.41, 5.74) is 5.88. The maximum absolute atomic E-state index is 13.4. The molecule has 0 bridgehead atoms. The van der Waals surface area contributed by atoms with Crippen LogP contribution >= 0.6 is 39.1 Å². The maximum Gasteiger partial charge on any atom is 0.345 e. The van der Waals surface area contributed by atoms with E-state index >= 15 is 0 Å². The summed E-state index contributed by atoms with van der Waals surface area (Å²) in [6.45, 7) is 0. The van der Waals surface area contributed by atoms with Crippen molar-refractivity contribution in [2.45, 2.75) is 0 Å². The quantitative estimate of drug-likeness (QED) is 0.0759. The molecule has 1 aromatic heterocycles. The first kappa shape index (κ1) is 29.2. The van der Waals surface area contributed by atoms with Crippen molar-refractivity contribution in [2.75, 3.05) is 14.2 Å². The zero-order valence-electron chi connectivity index (χ0n) is 22.2. The number of fused-ring (bicyclic) bond motifs is 1. The highest BCUT2D eigenvalue weighted by Gasteiger charge is 2.23. The molecule has 0 saturated carbocycles. The van der Waals surface area contributed by atoms with E-state index in [2.05, 4.69) is 31.4 Å². The topological polar surface area (TPSA) is 102 Å². The smallest absolute Gasteiger partial charge is 0.345 e. The van der Waals surface area contributed by atoms with Crippen LogP contribution in [0.2, 0.25) is 10.0 Å². The molecule has 0 saturated heterocycles. The minimum Gasteiger partial charge on any atom is -0.495 e. The van der Waals surface area contributed by atoms with Gasteiger partial charge in [-0.3, -0.25) is 4.79 Å². The third kappa shape index (κ3) is 5.99. The van der Waals surface area contributed by atoms with Gasteiger partial charge in [-0.1, -0.05) is 69.5 Å². The van der Waals surface area contributed by atoms with Gasteiger partial charge in [0.15, 0.2) is 11.5 Å². The minimum atomic E-state index is -0.667. The molecule has 1 amide bonds. The van der Waals surface area contributed by atoms with Crippen LogP contribution in [0.1, 0.15) is 26.4 Å². The number of hydrogen-bond donors (Lipinski definition) is 2. The lowest BCUT2D eigenvalue weighted by atomic mass is 10.0. The van der Waals surface area contributed by atoms with E-state index in [0.29, 0.717) is 33.1 Å². The Morgan fingerprint density at radius 2 is 1.64 bits per heavy atom. The van der Waals surface area contributed by atoms with Crippen LogP contribution in [0.5, 0.6) is 17.2 Å². The van der Waals surface area contributed by atoms with Crippen molar-refractivity contribution in [3.8, 4) is 28.4 Å². The molecule has 11 heteroatoms. The summed E-state index contributed by atoms with van der Waals surface area (Å²) < 4.78 is 17.2. The van der Waals surface area contributed by atoms with Crippen LogP contribution in [-0.4, -0.2) is 37.3 Å². The number of esters is 1. The van der Waals surface area contributed by atoms with E-state index in [1.54, 1.807) is 31.4 Å². The summed E-state index contributed by atoms with van der Waals surface area (Å²) in [4.78, 5) is 29.2. The Bertz CT molecular complexity index is 1840. The van der Waals surface area contributed by atoms with Crippen LogP contribution in [0.3, 0.4) is 0 Å². The number of ether oxygens (including phenoxy) is 3. The van der Waals surface area contributed by atoms with E-state index in [-0.39, 0.29) is 22.1 Å². The molecule has 2 N–H and O–H groups in total. The molecule has 5 aromatic rings. The molecule has 0 radical (unpaired) electrons. The second-order valence-electron chi connectivity index (χ2n) is 8.86. The molecule has 0 aliphatic rings. The number of hydrogen-bond acceptors (Lipinski definition) is 6. The Morgan fingerprint density at radius 3 is 2.36 bits per heavy atom. The van der Waals surface area contributed by atoms with Gasteiger partial charge in [-0.25, -0.2) is 10.2 Å². The molecule has 0 spiro atoms. The molecular formula is C31H22BrCl2N3O5. The van der Waals surface area contributed by atoms with Crippen molar-refractivity contribution in [1.29, 1.82) is 0 Å². The van der Waals surface area contributed by atoms with Crippen LogP contribution in [-0.2, 0) is 0 Å². The molecule has 0 aliphatic heterocycles. The van der Waals surface area contributed by atoms with Gasteiger partial charge in [0, 0.05) is 20.4 Å². The van der Waals surface area contributed by atoms with Gasteiger partial charge in [0.1, 0.15) is 11.4 Å². The molecular weight excluding hydrogens is 645 g/mol. The zero-order chi connectivity index (χ0) is 29.8. The normalized spacial score (nSPS) is 11.1. The Balaban J connectivity index is 1.38. The van der Waals surface area contributed by atoms with Gasteiger partial charge in [-0.2, -0.15) is 5.10 Å². The minimum absolute atomic E-state index is 0.160. The van der Waals surface area contributed by atoms with Crippen LogP contribution < -0.4 is 19.6 Å². The van der Waals surface area contributed by atoms with Crippen LogP contribution in [0, 0.1) is 0 Å². The number of nitrogens with one attached hydrogen (secondary N) is 2. The summed E-state index contributed by atoms with van der Waals surface area (Å²) >= 11 is 15.7. The van der Waals surface area contributed by atoms with E-state index in [9.17, 15) is 9.59 Å². The molecule has 42 heavy (non-hydrogen) atoms. The van der Waals surface area contributed by atoms with Crippen molar-refractivity contribution in [3.05, 3.63) is 110 Å². The predicted octanol–water partition coefficient (Wildman–Crippen LogP) is 7.90. The number of rotatable bonds is 8. The highest BCUT2D eigenvalue weighted by Crippen LogP contribution is 2.41. The number of aromatic amines is 1. The molecule has 5 rings (SSSR count). The lowest BCUT2D eigenvalue weighted by molar-refractivity contribution is 0.0729. The van der Waals surface area contributed by atoms with Gasteiger partial charge in [-0.05, 0) is 59.7 Å². The van der Waals surface area contributed by atoms with E-state index in [0.717, 1.165) is 15.4 Å². The van der Waals surface area contributed by atoms with Gasteiger partial charge < -0.3 is 19.2 Å². The number of carbonyl (C=O) groups is 2. The van der Waals surface area contributed by atoms with E-state index in [4.69, 9.17) is 37.4 Å². The first-order valence-corrected chi connectivity index (χ1v) is 14.0. The molecule has 212 valence electrons. The molecule has 1 heterocycles. The number of methoxy groups -OCH3 is 2. The van der Waals surface area contributed by atoms with Gasteiger partial charge in [0.25, 0.3) is 5.91 Å². The van der Waals surface area contributed by atoms with E-state index < -0.39 is 11.9 Å². The van der Waals surface area contributed by atoms with Gasteiger partial charge in [0.05, 0.1) is 36.5 Å². The fraction of sp³-hybridized carbons (Fsp3) is 0.0645. The largest absolute Gasteiger partial charge is 0.495 e. The van der Waals surface area contributed by atoms with E-state index in [1.165, 1.54) is 25.5 Å². The first-order valence-electron chi connectivity index (χ1n) is 12.4. The Labute approximate surface area is 259 Å². The van der Waals surface area contributed by atoms with Crippen LogP contribution in [0.4, 0.5) is 0 Å². The lowest BCUT2D eigenvalue weighted by Gasteiger charge is -2.10. The number of carbonyl (C=O) groups excluding carboxylic acids is 2. The van der Waals surface area contributed by atoms with Gasteiger partial charge >= 0.3 is 5.97 Å².